The van der Waals surface area contributed by atoms with Gasteiger partial charge in [0, 0.05) is 24.3 Å². The summed E-state index contributed by atoms with van der Waals surface area (Å²) < 4.78 is 5.32. The lowest BCUT2D eigenvalue weighted by molar-refractivity contribution is 0.122. The first-order chi connectivity index (χ1) is 8.40. The van der Waals surface area contributed by atoms with Gasteiger partial charge in [-0.05, 0) is 24.3 Å². The highest BCUT2D eigenvalue weighted by molar-refractivity contribution is 5.50. The highest BCUT2D eigenvalue weighted by Gasteiger charge is 2.10. The van der Waals surface area contributed by atoms with Gasteiger partial charge in [-0.1, -0.05) is 11.8 Å². The topological polar surface area (TPSA) is 36.3 Å². The lowest BCUT2D eigenvalue weighted by Crippen LogP contribution is -2.36. The van der Waals surface area contributed by atoms with Gasteiger partial charge in [0.15, 0.2) is 0 Å². The molecule has 17 heavy (non-hydrogen) atoms. The first kappa shape index (κ1) is 11.5. The summed E-state index contributed by atoms with van der Waals surface area (Å²) >= 11 is 0. The summed E-state index contributed by atoms with van der Waals surface area (Å²) in [6, 6.07) is 10.1. The molecule has 3 heteroatoms. The van der Waals surface area contributed by atoms with Crippen LogP contribution in [0.25, 0.3) is 0 Å². The highest BCUT2D eigenvalue weighted by atomic mass is 16.5. The molecule has 1 aromatic carbocycles. The molecule has 1 aliphatic heterocycles. The molecule has 1 heterocycles. The Hall–Kier alpha value is -1.97. The maximum absolute atomic E-state index is 8.39. The summed E-state index contributed by atoms with van der Waals surface area (Å²) in [6.45, 7) is 3.48. The van der Waals surface area contributed by atoms with Crippen LogP contribution in [0.4, 0.5) is 5.69 Å². The van der Waals surface area contributed by atoms with Gasteiger partial charge in [0.25, 0.3) is 0 Å². The number of nitrogens with zero attached hydrogens (tertiary/aromatic N) is 2. The van der Waals surface area contributed by atoms with Crippen molar-refractivity contribution >= 4 is 5.69 Å². The fraction of sp³-hybridized carbons (Fsp3) is 0.357. The number of nitriles is 1. The number of morpholine rings is 1. The standard InChI is InChI=1S/C14H14N2O/c15-8-2-1-3-13-4-6-14(7-5-13)16-9-11-17-12-10-16/h4-7H,2,9-12H2. The van der Waals surface area contributed by atoms with Crippen molar-refractivity contribution in [1.82, 2.24) is 0 Å². The fourth-order valence-corrected chi connectivity index (χ4v) is 1.76. The van der Waals surface area contributed by atoms with Gasteiger partial charge in [0.1, 0.15) is 0 Å². The molecule has 0 aliphatic carbocycles. The molecular weight excluding hydrogens is 212 g/mol. The highest BCUT2D eigenvalue weighted by Crippen LogP contribution is 2.16. The SMILES string of the molecule is N#CCC#Cc1ccc(N2CCOCC2)cc1. The minimum Gasteiger partial charge on any atom is -0.378 e. The quantitative estimate of drug-likeness (QED) is 0.685. The molecule has 1 aromatic rings. The molecule has 2 rings (SSSR count). The molecular formula is C14H14N2O. The molecule has 0 saturated carbocycles. The first-order valence-corrected chi connectivity index (χ1v) is 5.69. The number of rotatable bonds is 1. The molecule has 0 atom stereocenters. The lowest BCUT2D eigenvalue weighted by Gasteiger charge is -2.28. The number of ether oxygens (including phenoxy) is 1. The summed E-state index contributed by atoms with van der Waals surface area (Å²) in [5.41, 5.74) is 2.16. The van der Waals surface area contributed by atoms with Crippen LogP contribution in [0.3, 0.4) is 0 Å². The van der Waals surface area contributed by atoms with E-state index in [1.807, 2.05) is 18.2 Å². The summed E-state index contributed by atoms with van der Waals surface area (Å²) in [4.78, 5) is 2.30. The maximum atomic E-state index is 8.39. The molecule has 0 N–H and O–H groups in total. The molecule has 0 radical (unpaired) electrons. The third kappa shape index (κ3) is 3.24. The van der Waals surface area contributed by atoms with Gasteiger partial charge in [-0.15, -0.1) is 0 Å². The molecule has 1 aliphatic rings. The zero-order valence-electron chi connectivity index (χ0n) is 9.65. The fourth-order valence-electron chi connectivity index (χ4n) is 1.76. The van der Waals surface area contributed by atoms with Crippen LogP contribution in [0.5, 0.6) is 0 Å². The van der Waals surface area contributed by atoms with E-state index in [1.54, 1.807) is 0 Å². The molecule has 0 bridgehead atoms. The van der Waals surface area contributed by atoms with E-state index in [2.05, 4.69) is 28.9 Å². The van der Waals surface area contributed by atoms with Crippen LogP contribution in [0.2, 0.25) is 0 Å². The normalized spacial score (nSPS) is 14.6. The third-order valence-electron chi connectivity index (χ3n) is 2.64. The van der Waals surface area contributed by atoms with Gasteiger partial charge in [0.05, 0.1) is 25.7 Å². The van der Waals surface area contributed by atoms with Crippen molar-refractivity contribution in [3.63, 3.8) is 0 Å². The molecule has 0 aromatic heterocycles. The van der Waals surface area contributed by atoms with Gasteiger partial charge >= 0.3 is 0 Å². The molecule has 0 amide bonds. The molecule has 1 saturated heterocycles. The van der Waals surface area contributed by atoms with Crippen LogP contribution >= 0.6 is 0 Å². The minimum atomic E-state index is 0.283. The van der Waals surface area contributed by atoms with E-state index in [0.29, 0.717) is 0 Å². The average molecular weight is 226 g/mol. The number of hydrogen-bond donors (Lipinski definition) is 0. The zero-order chi connectivity index (χ0) is 11.9. The Balaban J connectivity index is 2.03. The van der Waals surface area contributed by atoms with Gasteiger partial charge in [-0.2, -0.15) is 5.26 Å². The average Bonchev–Trinajstić information content (AvgIpc) is 2.41. The molecule has 0 unspecified atom stereocenters. The van der Waals surface area contributed by atoms with Crippen LogP contribution < -0.4 is 4.90 Å². The number of benzene rings is 1. The van der Waals surface area contributed by atoms with E-state index in [4.69, 9.17) is 10.00 Å². The Morgan fingerprint density at radius 1 is 1.18 bits per heavy atom. The summed E-state index contributed by atoms with van der Waals surface area (Å²) in [5.74, 6) is 5.77. The van der Waals surface area contributed by atoms with Crippen molar-refractivity contribution in [3.8, 4) is 17.9 Å². The second-order valence-electron chi connectivity index (χ2n) is 3.78. The Kier molecular flexibility index (Phi) is 4.02. The van der Waals surface area contributed by atoms with Crippen molar-refractivity contribution in [3.05, 3.63) is 29.8 Å². The van der Waals surface area contributed by atoms with E-state index in [-0.39, 0.29) is 6.42 Å². The second-order valence-corrected chi connectivity index (χ2v) is 3.78. The molecule has 1 fully saturated rings. The predicted octanol–water partition coefficient (Wildman–Crippen LogP) is 1.79. The van der Waals surface area contributed by atoms with Gasteiger partial charge in [-0.3, -0.25) is 0 Å². The number of hydrogen-bond acceptors (Lipinski definition) is 3. The van der Waals surface area contributed by atoms with E-state index in [1.165, 1.54) is 5.69 Å². The van der Waals surface area contributed by atoms with Gasteiger partial charge in [0.2, 0.25) is 0 Å². The van der Waals surface area contributed by atoms with E-state index < -0.39 is 0 Å². The van der Waals surface area contributed by atoms with Crippen LogP contribution in [0.1, 0.15) is 12.0 Å². The predicted molar refractivity (Wildman–Crippen MR) is 66.6 cm³/mol. The maximum Gasteiger partial charge on any atom is 0.0966 e. The van der Waals surface area contributed by atoms with Crippen LogP contribution in [0.15, 0.2) is 24.3 Å². The smallest absolute Gasteiger partial charge is 0.0966 e. The minimum absolute atomic E-state index is 0.283. The van der Waals surface area contributed by atoms with Crippen LogP contribution in [-0.2, 0) is 4.74 Å². The van der Waals surface area contributed by atoms with Crippen LogP contribution in [-0.4, -0.2) is 26.3 Å². The lowest BCUT2D eigenvalue weighted by atomic mass is 10.2. The largest absolute Gasteiger partial charge is 0.378 e. The van der Waals surface area contributed by atoms with Gasteiger partial charge in [-0.25, -0.2) is 0 Å². The Bertz CT molecular complexity index is 456. The Labute approximate surface area is 102 Å². The Morgan fingerprint density at radius 2 is 1.88 bits per heavy atom. The number of anilines is 1. The summed E-state index contributed by atoms with van der Waals surface area (Å²) in [5, 5.41) is 8.39. The third-order valence-corrected chi connectivity index (χ3v) is 2.64. The van der Waals surface area contributed by atoms with E-state index >= 15 is 0 Å². The molecule has 3 nitrogen and oxygen atoms in total. The molecule has 0 spiro atoms. The van der Waals surface area contributed by atoms with Crippen LogP contribution in [0, 0.1) is 23.2 Å². The monoisotopic (exact) mass is 226 g/mol. The summed E-state index contributed by atoms with van der Waals surface area (Å²) in [6.07, 6.45) is 0.283. The molecule has 86 valence electrons. The van der Waals surface area contributed by atoms with Crippen molar-refractivity contribution in [2.24, 2.45) is 0 Å². The van der Waals surface area contributed by atoms with Crippen molar-refractivity contribution in [2.45, 2.75) is 6.42 Å². The van der Waals surface area contributed by atoms with Crippen molar-refractivity contribution < 1.29 is 4.74 Å². The van der Waals surface area contributed by atoms with Crippen molar-refractivity contribution in [1.29, 1.82) is 5.26 Å². The van der Waals surface area contributed by atoms with E-state index in [9.17, 15) is 0 Å². The van der Waals surface area contributed by atoms with Gasteiger partial charge < -0.3 is 9.64 Å². The second kappa shape index (κ2) is 5.94. The van der Waals surface area contributed by atoms with Crippen molar-refractivity contribution in [2.75, 3.05) is 31.2 Å². The first-order valence-electron chi connectivity index (χ1n) is 5.69. The Morgan fingerprint density at radius 3 is 2.53 bits per heavy atom. The van der Waals surface area contributed by atoms with E-state index in [0.717, 1.165) is 31.9 Å². The summed E-state index contributed by atoms with van der Waals surface area (Å²) in [7, 11) is 0. The zero-order valence-corrected chi connectivity index (χ0v) is 9.65.